The molecule has 1 saturated carbocycles. The summed E-state index contributed by atoms with van der Waals surface area (Å²) < 4.78 is 0.840. The fourth-order valence-electron chi connectivity index (χ4n) is 2.41. The van der Waals surface area contributed by atoms with Crippen molar-refractivity contribution in [1.29, 1.82) is 0 Å². The first kappa shape index (κ1) is 12.4. The van der Waals surface area contributed by atoms with Crippen molar-refractivity contribution in [3.63, 3.8) is 0 Å². The van der Waals surface area contributed by atoms with Gasteiger partial charge in [-0.2, -0.15) is 0 Å². The average molecular weight is 260 g/mol. The van der Waals surface area contributed by atoms with Crippen LogP contribution in [0.25, 0.3) is 0 Å². The van der Waals surface area contributed by atoms with Gasteiger partial charge >= 0.3 is 0 Å². The monoisotopic (exact) mass is 259 g/mol. The van der Waals surface area contributed by atoms with E-state index in [4.69, 9.17) is 11.6 Å². The zero-order valence-electron chi connectivity index (χ0n) is 9.53. The first-order chi connectivity index (χ1) is 7.66. The molecule has 1 aliphatic rings. The maximum absolute atomic E-state index is 9.96. The molecule has 4 heteroatoms. The van der Waals surface area contributed by atoms with Gasteiger partial charge in [-0.3, -0.25) is 4.90 Å². The van der Waals surface area contributed by atoms with Crippen molar-refractivity contribution >= 4 is 22.9 Å². The average Bonchev–Trinajstić information content (AvgIpc) is 2.64. The molecule has 1 N–H and O–H groups in total. The standard InChI is InChI=1S/C12H18ClNOS/c1-14(8-9-6-7-12(13)16-9)10-4-2-3-5-11(10)15/h6-7,10-11,15H,2-5,8H2,1H3/t10-,11-/m0/s1. The van der Waals surface area contributed by atoms with Crippen LogP contribution in [0.15, 0.2) is 12.1 Å². The largest absolute Gasteiger partial charge is 0.391 e. The minimum absolute atomic E-state index is 0.158. The lowest BCUT2D eigenvalue weighted by molar-refractivity contribution is 0.0292. The fraction of sp³-hybridized carbons (Fsp3) is 0.667. The van der Waals surface area contributed by atoms with E-state index >= 15 is 0 Å². The number of nitrogens with zero attached hydrogens (tertiary/aromatic N) is 1. The number of hydrogen-bond donors (Lipinski definition) is 1. The normalized spacial score (nSPS) is 26.2. The Hall–Kier alpha value is -0.0900. The molecule has 0 bridgehead atoms. The van der Waals surface area contributed by atoms with Gasteiger partial charge < -0.3 is 5.11 Å². The topological polar surface area (TPSA) is 23.5 Å². The maximum atomic E-state index is 9.96. The minimum atomic E-state index is -0.158. The van der Waals surface area contributed by atoms with E-state index in [9.17, 15) is 5.11 Å². The van der Waals surface area contributed by atoms with Gasteiger partial charge in [0.25, 0.3) is 0 Å². The Morgan fingerprint density at radius 2 is 2.19 bits per heavy atom. The van der Waals surface area contributed by atoms with E-state index in [-0.39, 0.29) is 6.10 Å². The number of likely N-dealkylation sites (N-methyl/N-ethyl adjacent to an activating group) is 1. The van der Waals surface area contributed by atoms with Crippen LogP contribution in [0.4, 0.5) is 0 Å². The van der Waals surface area contributed by atoms with Crippen LogP contribution in [0, 0.1) is 0 Å². The minimum Gasteiger partial charge on any atom is -0.391 e. The summed E-state index contributed by atoms with van der Waals surface area (Å²) >= 11 is 7.53. The van der Waals surface area contributed by atoms with Crippen molar-refractivity contribution in [2.24, 2.45) is 0 Å². The summed E-state index contributed by atoms with van der Waals surface area (Å²) in [6.07, 6.45) is 4.29. The van der Waals surface area contributed by atoms with Gasteiger partial charge in [0.05, 0.1) is 10.4 Å². The van der Waals surface area contributed by atoms with E-state index < -0.39 is 0 Å². The van der Waals surface area contributed by atoms with Crippen LogP contribution < -0.4 is 0 Å². The number of thiophene rings is 1. The summed E-state index contributed by atoms with van der Waals surface area (Å²) in [6, 6.07) is 4.32. The molecule has 0 unspecified atom stereocenters. The van der Waals surface area contributed by atoms with E-state index in [0.29, 0.717) is 6.04 Å². The first-order valence-electron chi connectivity index (χ1n) is 5.79. The number of halogens is 1. The molecule has 0 amide bonds. The first-order valence-corrected chi connectivity index (χ1v) is 6.99. The van der Waals surface area contributed by atoms with Gasteiger partial charge in [0.15, 0.2) is 0 Å². The van der Waals surface area contributed by atoms with Gasteiger partial charge in [-0.05, 0) is 32.0 Å². The highest BCUT2D eigenvalue weighted by molar-refractivity contribution is 7.16. The second-order valence-corrected chi connectivity index (χ2v) is 6.34. The Morgan fingerprint density at radius 1 is 1.44 bits per heavy atom. The number of aliphatic hydroxyl groups is 1. The molecule has 0 spiro atoms. The van der Waals surface area contributed by atoms with E-state index in [1.807, 2.05) is 6.07 Å². The predicted molar refractivity (Wildman–Crippen MR) is 69.1 cm³/mol. The number of hydrogen-bond acceptors (Lipinski definition) is 3. The molecule has 2 atom stereocenters. The fourth-order valence-corrected chi connectivity index (χ4v) is 3.56. The van der Waals surface area contributed by atoms with E-state index in [1.165, 1.54) is 11.3 Å². The molecule has 2 nitrogen and oxygen atoms in total. The van der Waals surface area contributed by atoms with Gasteiger partial charge in [-0.15, -0.1) is 11.3 Å². The van der Waals surface area contributed by atoms with Gasteiger partial charge in [-0.25, -0.2) is 0 Å². The Bertz CT molecular complexity index is 342. The molecule has 16 heavy (non-hydrogen) atoms. The molecule has 1 aliphatic carbocycles. The third-order valence-corrected chi connectivity index (χ3v) is 4.51. The lowest BCUT2D eigenvalue weighted by Gasteiger charge is -2.34. The second kappa shape index (κ2) is 5.50. The van der Waals surface area contributed by atoms with Crippen LogP contribution in [0.1, 0.15) is 30.6 Å². The van der Waals surface area contributed by atoms with Crippen LogP contribution in [0.3, 0.4) is 0 Å². The predicted octanol–water partition coefficient (Wildman–Crippen LogP) is 3.14. The maximum Gasteiger partial charge on any atom is 0.0931 e. The molecule has 0 aromatic carbocycles. The van der Waals surface area contributed by atoms with E-state index in [1.54, 1.807) is 11.3 Å². The number of rotatable bonds is 3. The molecule has 2 rings (SSSR count). The molecule has 0 aliphatic heterocycles. The van der Waals surface area contributed by atoms with Crippen molar-refractivity contribution in [3.05, 3.63) is 21.3 Å². The lowest BCUT2D eigenvalue weighted by atomic mass is 9.91. The Kier molecular flexibility index (Phi) is 4.25. The summed E-state index contributed by atoms with van der Waals surface area (Å²) in [7, 11) is 2.09. The van der Waals surface area contributed by atoms with Crippen molar-refractivity contribution < 1.29 is 5.11 Å². The smallest absolute Gasteiger partial charge is 0.0931 e. The Balaban J connectivity index is 1.93. The van der Waals surface area contributed by atoms with Crippen molar-refractivity contribution in [3.8, 4) is 0 Å². The third-order valence-electron chi connectivity index (χ3n) is 3.29. The van der Waals surface area contributed by atoms with E-state index in [0.717, 1.165) is 30.1 Å². The molecule has 1 fully saturated rings. The van der Waals surface area contributed by atoms with Gasteiger partial charge in [0.2, 0.25) is 0 Å². The molecule has 0 saturated heterocycles. The SMILES string of the molecule is CN(Cc1ccc(Cl)s1)[C@H]1CCCC[C@@H]1O. The number of aliphatic hydroxyl groups excluding tert-OH is 1. The summed E-state index contributed by atoms with van der Waals surface area (Å²) in [5.41, 5.74) is 0. The molecule has 90 valence electrons. The molecular formula is C12H18ClNOS. The zero-order valence-corrected chi connectivity index (χ0v) is 11.1. The molecule has 1 aromatic rings. The van der Waals surface area contributed by atoms with Crippen molar-refractivity contribution in [2.45, 2.75) is 44.4 Å². The lowest BCUT2D eigenvalue weighted by Crippen LogP contribution is -2.42. The second-order valence-electron chi connectivity index (χ2n) is 4.54. The van der Waals surface area contributed by atoms with Crippen molar-refractivity contribution in [1.82, 2.24) is 4.90 Å². The van der Waals surface area contributed by atoms with Crippen molar-refractivity contribution in [2.75, 3.05) is 7.05 Å². The summed E-state index contributed by atoms with van der Waals surface area (Å²) in [4.78, 5) is 3.52. The summed E-state index contributed by atoms with van der Waals surface area (Å²) in [5.74, 6) is 0. The summed E-state index contributed by atoms with van der Waals surface area (Å²) in [6.45, 7) is 0.888. The van der Waals surface area contributed by atoms with Crippen LogP contribution >= 0.6 is 22.9 Å². The van der Waals surface area contributed by atoms with Crippen LogP contribution in [-0.2, 0) is 6.54 Å². The third kappa shape index (κ3) is 2.98. The Morgan fingerprint density at radius 3 is 2.81 bits per heavy atom. The summed E-state index contributed by atoms with van der Waals surface area (Å²) in [5, 5.41) is 9.96. The van der Waals surface area contributed by atoms with Crippen LogP contribution in [0.5, 0.6) is 0 Å². The highest BCUT2D eigenvalue weighted by Crippen LogP contribution is 2.26. The van der Waals surface area contributed by atoms with E-state index in [2.05, 4.69) is 18.0 Å². The molecule has 1 heterocycles. The molecule has 0 radical (unpaired) electrons. The molecular weight excluding hydrogens is 242 g/mol. The van der Waals surface area contributed by atoms with Gasteiger partial charge in [-0.1, -0.05) is 24.4 Å². The quantitative estimate of drug-likeness (QED) is 0.902. The van der Waals surface area contributed by atoms with Crippen LogP contribution in [-0.4, -0.2) is 29.2 Å². The van der Waals surface area contributed by atoms with Gasteiger partial charge in [0, 0.05) is 17.5 Å². The molecule has 1 aromatic heterocycles. The highest BCUT2D eigenvalue weighted by atomic mass is 35.5. The van der Waals surface area contributed by atoms with Gasteiger partial charge in [0.1, 0.15) is 0 Å². The van der Waals surface area contributed by atoms with Crippen LogP contribution in [0.2, 0.25) is 4.34 Å². The zero-order chi connectivity index (χ0) is 11.5. The highest BCUT2D eigenvalue weighted by Gasteiger charge is 2.26. The Labute approximate surface area is 106 Å².